The molecule has 0 saturated carbocycles. The summed E-state index contributed by atoms with van der Waals surface area (Å²) in [7, 11) is 0. The maximum atomic E-state index is 15.2. The van der Waals surface area contributed by atoms with Crippen molar-refractivity contribution in [2.75, 3.05) is 23.7 Å². The van der Waals surface area contributed by atoms with Gasteiger partial charge < -0.3 is 20.1 Å². The fourth-order valence-electron chi connectivity index (χ4n) is 5.23. The number of hydrogen-bond acceptors (Lipinski definition) is 6. The van der Waals surface area contributed by atoms with Gasteiger partial charge in [0, 0.05) is 35.6 Å². The molecule has 10 nitrogen and oxygen atoms in total. The third kappa shape index (κ3) is 8.03. The zero-order chi connectivity index (χ0) is 32.4. The van der Waals surface area contributed by atoms with Crippen molar-refractivity contribution in [2.45, 2.75) is 90.5 Å². The molecule has 2 heterocycles. The van der Waals surface area contributed by atoms with Crippen LogP contribution in [0.3, 0.4) is 0 Å². The Kier molecular flexibility index (Phi) is 9.50. The van der Waals surface area contributed by atoms with E-state index in [4.69, 9.17) is 9.47 Å². The molecule has 12 heteroatoms. The third-order valence-electron chi connectivity index (χ3n) is 7.13. The molecule has 0 aliphatic carbocycles. The Hall–Kier alpha value is -4.22. The lowest BCUT2D eigenvalue weighted by Crippen LogP contribution is -2.45. The minimum atomic E-state index is -0.770. The zero-order valence-electron chi connectivity index (χ0n) is 26.0. The molecule has 0 aromatic heterocycles. The minimum absolute atomic E-state index is 0.0403. The maximum Gasteiger partial charge on any atom is 0.410 e. The summed E-state index contributed by atoms with van der Waals surface area (Å²) in [5, 5.41) is 5.28. The van der Waals surface area contributed by atoms with Gasteiger partial charge in [0.05, 0.1) is 0 Å². The van der Waals surface area contributed by atoms with Gasteiger partial charge in [-0.2, -0.15) is 0 Å². The molecule has 2 fully saturated rings. The normalized spacial score (nSPS) is 18.6. The third-order valence-corrected chi connectivity index (χ3v) is 7.13. The van der Waals surface area contributed by atoms with Crippen LogP contribution < -0.4 is 10.6 Å². The summed E-state index contributed by atoms with van der Waals surface area (Å²) in [6.07, 6.45) is 0.969. The van der Waals surface area contributed by atoms with Gasteiger partial charge in [-0.25, -0.2) is 18.4 Å². The van der Waals surface area contributed by atoms with Crippen LogP contribution in [0.5, 0.6) is 0 Å². The van der Waals surface area contributed by atoms with E-state index in [1.54, 1.807) is 41.5 Å². The van der Waals surface area contributed by atoms with Crippen LogP contribution in [0.1, 0.15) is 67.2 Å². The van der Waals surface area contributed by atoms with Crippen molar-refractivity contribution in [1.29, 1.82) is 0 Å². The van der Waals surface area contributed by atoms with E-state index >= 15 is 8.78 Å². The fraction of sp³-hybridized carbons (Fsp3) is 0.500. The SMILES string of the molecule is CC(C)(C)OC(=O)N1CCC[C@H]1C(=O)Nc1ccc(-c2ccc(NC(=O)[C@@H]3CCCN3C(=O)OC(C)(C)C)cc2F)c(F)c1. The van der Waals surface area contributed by atoms with Gasteiger partial charge in [0.15, 0.2) is 0 Å². The van der Waals surface area contributed by atoms with E-state index in [1.165, 1.54) is 34.1 Å². The highest BCUT2D eigenvalue weighted by molar-refractivity contribution is 5.98. The summed E-state index contributed by atoms with van der Waals surface area (Å²) in [5.74, 6) is -2.49. The molecule has 2 atom stereocenters. The standard InChI is InChI=1S/C32H40F2N4O6/c1-31(2,3)43-29(41)37-15-7-9-25(37)27(39)35-19-11-13-21(23(33)17-19)22-14-12-20(18-24(22)34)36-28(40)26-10-8-16-38(26)30(42)44-32(4,5)6/h11-14,17-18,25-26H,7-10,15-16H2,1-6H3,(H,35,39)(H,36,40)/t25-,26-/m0/s1. The average Bonchev–Trinajstić information content (AvgIpc) is 3.58. The lowest BCUT2D eigenvalue weighted by Gasteiger charge is -2.28. The van der Waals surface area contributed by atoms with Crippen LogP contribution in [-0.4, -0.2) is 70.2 Å². The van der Waals surface area contributed by atoms with Crippen molar-refractivity contribution in [3.8, 4) is 11.1 Å². The first-order chi connectivity index (χ1) is 20.5. The Morgan fingerprint density at radius 1 is 0.682 bits per heavy atom. The monoisotopic (exact) mass is 614 g/mol. The Bertz CT molecular complexity index is 1330. The van der Waals surface area contributed by atoms with Crippen LogP contribution in [0.4, 0.5) is 29.7 Å². The molecule has 0 bridgehead atoms. The van der Waals surface area contributed by atoms with E-state index in [0.717, 1.165) is 12.1 Å². The van der Waals surface area contributed by atoms with Gasteiger partial charge in [-0.15, -0.1) is 0 Å². The summed E-state index contributed by atoms with van der Waals surface area (Å²) in [6, 6.07) is 6.24. The van der Waals surface area contributed by atoms with E-state index in [9.17, 15) is 19.2 Å². The minimum Gasteiger partial charge on any atom is -0.444 e. The van der Waals surface area contributed by atoms with Crippen LogP contribution in [0.25, 0.3) is 11.1 Å². The first kappa shape index (κ1) is 32.7. The van der Waals surface area contributed by atoms with Gasteiger partial charge in [-0.05, 0) is 104 Å². The van der Waals surface area contributed by atoms with E-state index in [0.29, 0.717) is 38.8 Å². The van der Waals surface area contributed by atoms with Crippen LogP contribution in [0.15, 0.2) is 36.4 Å². The molecule has 2 aromatic carbocycles. The number of carbonyl (C=O) groups is 4. The van der Waals surface area contributed by atoms with Crippen molar-refractivity contribution >= 4 is 35.4 Å². The second-order valence-electron chi connectivity index (χ2n) is 13.0. The van der Waals surface area contributed by atoms with E-state index in [1.807, 2.05) is 0 Å². The molecule has 238 valence electrons. The highest BCUT2D eigenvalue weighted by Crippen LogP contribution is 2.31. The number of ether oxygens (including phenoxy) is 2. The number of halogens is 2. The van der Waals surface area contributed by atoms with Crippen LogP contribution >= 0.6 is 0 Å². The van der Waals surface area contributed by atoms with Crippen molar-refractivity contribution in [3.05, 3.63) is 48.0 Å². The number of likely N-dealkylation sites (tertiary alicyclic amines) is 2. The number of anilines is 2. The van der Waals surface area contributed by atoms with E-state index < -0.39 is 58.9 Å². The second kappa shape index (κ2) is 12.8. The molecule has 4 rings (SSSR count). The molecular weight excluding hydrogens is 574 g/mol. The number of carbonyl (C=O) groups excluding carboxylic acids is 4. The first-order valence-electron chi connectivity index (χ1n) is 14.7. The summed E-state index contributed by atoms with van der Waals surface area (Å²) in [6.45, 7) is 11.2. The molecule has 0 unspecified atom stereocenters. The fourth-order valence-corrected chi connectivity index (χ4v) is 5.23. The predicted octanol–water partition coefficient (Wildman–Crippen LogP) is 6.31. The molecule has 2 saturated heterocycles. The highest BCUT2D eigenvalue weighted by atomic mass is 19.1. The number of nitrogens with one attached hydrogen (secondary N) is 2. The Balaban J connectivity index is 1.41. The maximum absolute atomic E-state index is 15.2. The molecule has 2 aliphatic heterocycles. The summed E-state index contributed by atoms with van der Waals surface area (Å²) in [4.78, 5) is 53.7. The zero-order valence-corrected chi connectivity index (χ0v) is 26.0. The molecule has 44 heavy (non-hydrogen) atoms. The van der Waals surface area contributed by atoms with Crippen molar-refractivity contribution in [2.24, 2.45) is 0 Å². The largest absolute Gasteiger partial charge is 0.444 e. The molecule has 2 aromatic rings. The van der Waals surface area contributed by atoms with Crippen molar-refractivity contribution < 1.29 is 37.4 Å². The number of nitrogens with zero attached hydrogens (tertiary/aromatic N) is 2. The quantitative estimate of drug-likeness (QED) is 0.408. The number of amides is 4. The molecule has 2 N–H and O–H groups in total. The summed E-state index contributed by atoms with van der Waals surface area (Å²) < 4.78 is 41.1. The van der Waals surface area contributed by atoms with E-state index in [2.05, 4.69) is 10.6 Å². The average molecular weight is 615 g/mol. The van der Waals surface area contributed by atoms with Gasteiger partial charge in [0.25, 0.3) is 0 Å². The highest BCUT2D eigenvalue weighted by Gasteiger charge is 2.38. The second-order valence-corrected chi connectivity index (χ2v) is 13.0. The summed E-state index contributed by atoms with van der Waals surface area (Å²) in [5.41, 5.74) is -1.19. The smallest absolute Gasteiger partial charge is 0.410 e. The Morgan fingerprint density at radius 2 is 1.05 bits per heavy atom. The summed E-state index contributed by atoms with van der Waals surface area (Å²) >= 11 is 0. The number of benzene rings is 2. The first-order valence-corrected chi connectivity index (χ1v) is 14.7. The van der Waals surface area contributed by atoms with Gasteiger partial charge >= 0.3 is 12.2 Å². The molecule has 0 spiro atoms. The lowest BCUT2D eigenvalue weighted by molar-refractivity contribution is -0.121. The molecular formula is C32H40F2N4O6. The van der Waals surface area contributed by atoms with Gasteiger partial charge in [0.2, 0.25) is 11.8 Å². The van der Waals surface area contributed by atoms with Crippen LogP contribution in [0, 0.1) is 11.6 Å². The van der Waals surface area contributed by atoms with Gasteiger partial charge in [-0.1, -0.05) is 0 Å². The van der Waals surface area contributed by atoms with Gasteiger partial charge in [0.1, 0.15) is 34.9 Å². The number of hydrogen-bond donors (Lipinski definition) is 2. The van der Waals surface area contributed by atoms with E-state index in [-0.39, 0.29) is 22.5 Å². The predicted molar refractivity (Wildman–Crippen MR) is 161 cm³/mol. The topological polar surface area (TPSA) is 117 Å². The van der Waals surface area contributed by atoms with Crippen LogP contribution in [-0.2, 0) is 19.1 Å². The van der Waals surface area contributed by atoms with Crippen molar-refractivity contribution in [3.63, 3.8) is 0 Å². The lowest BCUT2D eigenvalue weighted by atomic mass is 10.0. The van der Waals surface area contributed by atoms with Gasteiger partial charge in [-0.3, -0.25) is 19.4 Å². The number of rotatable bonds is 5. The van der Waals surface area contributed by atoms with Crippen LogP contribution in [0.2, 0.25) is 0 Å². The molecule has 4 amide bonds. The molecule has 0 radical (unpaired) electrons. The Morgan fingerprint density at radius 3 is 1.36 bits per heavy atom. The Labute approximate surface area is 256 Å². The van der Waals surface area contributed by atoms with Crippen molar-refractivity contribution in [1.82, 2.24) is 9.80 Å². The molecule has 2 aliphatic rings.